The second-order valence-electron chi connectivity index (χ2n) is 19.2. The van der Waals surface area contributed by atoms with E-state index >= 15 is 0 Å². The Morgan fingerprint density at radius 2 is 1.05 bits per heavy atom. The van der Waals surface area contributed by atoms with Gasteiger partial charge in [0, 0.05) is 62.7 Å². The molecule has 2 amide bonds. The van der Waals surface area contributed by atoms with E-state index in [4.69, 9.17) is 44.3 Å². The van der Waals surface area contributed by atoms with Crippen molar-refractivity contribution in [3.8, 4) is 0 Å². The van der Waals surface area contributed by atoms with Gasteiger partial charge >= 0.3 is 24.7 Å². The molecule has 3 N–H and O–H groups in total. The summed E-state index contributed by atoms with van der Waals surface area (Å²) < 4.78 is 171. The van der Waals surface area contributed by atoms with Crippen LogP contribution in [0.4, 0.5) is 52.7 Å². The Morgan fingerprint density at radius 1 is 0.641 bits per heavy atom. The van der Waals surface area contributed by atoms with E-state index in [1.54, 1.807) is 0 Å². The van der Waals surface area contributed by atoms with Crippen molar-refractivity contribution < 1.29 is 76.5 Å². The van der Waals surface area contributed by atoms with Crippen LogP contribution in [-0.2, 0) is 59.6 Å². The fourth-order valence-corrected chi connectivity index (χ4v) is 9.75. The molecular formula is C54H59Cl3F12N4O5. The number of amides is 2. The monoisotopic (exact) mass is 1180 g/mol. The van der Waals surface area contributed by atoms with Gasteiger partial charge in [-0.05, 0) is 116 Å². The van der Waals surface area contributed by atoms with Crippen molar-refractivity contribution in [2.45, 2.75) is 125 Å². The van der Waals surface area contributed by atoms with Crippen LogP contribution in [-0.4, -0.2) is 78.6 Å². The molecule has 3 fully saturated rings. The lowest BCUT2D eigenvalue weighted by Crippen LogP contribution is -2.41. The Bertz CT molecular complexity index is 2530. The first-order valence-corrected chi connectivity index (χ1v) is 26.3. The molecule has 6 atom stereocenters. The first-order valence-electron chi connectivity index (χ1n) is 24.8. The Morgan fingerprint density at radius 3 is 1.42 bits per heavy atom. The molecule has 3 aliphatic heterocycles. The standard InChI is InChI=1S/C25H27ClF6N2O2.C25H26F6N2O2.C4H6Cl2O/c1-16(17-10-19(24(27,28)29)12-20(11-17)25(30,31)32)36-15-23(18-6-3-2-4-7-18)13-21(14-33-23)34-22(35)8-5-9-26;1-16(17-10-19(24(26,27)28)12-20(11-17)25(29,30)31)35-15-23(18-6-3-2-4-7-18)13-21(14-32-23)33-9-5-8-22(33)34;5-3-1-2-4(6)7/h2-4,6-7,10-12,16,21,33H,5,8-9,13-15H2,1H3,(H,34,35);2-4,6-7,10-12,16,21,32H,5,8-9,13-15H2,1H3;1-3H2/t2*16-,21+,23-;/m11./s1. The summed E-state index contributed by atoms with van der Waals surface area (Å²) in [6.45, 7) is 4.41. The smallest absolute Gasteiger partial charge is 0.372 e. The molecule has 9 nitrogen and oxygen atoms in total. The summed E-state index contributed by atoms with van der Waals surface area (Å²) in [4.78, 5) is 36.2. The highest BCUT2D eigenvalue weighted by Gasteiger charge is 2.46. The van der Waals surface area contributed by atoms with Gasteiger partial charge in [0.1, 0.15) is 0 Å². The number of hydrogen-bond donors (Lipinski definition) is 3. The normalized spacial score (nSPS) is 21.6. The molecule has 0 aromatic heterocycles. The molecule has 0 radical (unpaired) electrons. The van der Waals surface area contributed by atoms with Crippen LogP contribution in [0.3, 0.4) is 0 Å². The van der Waals surface area contributed by atoms with Crippen LogP contribution in [0.5, 0.6) is 0 Å². The maximum Gasteiger partial charge on any atom is 0.416 e. The highest BCUT2D eigenvalue weighted by molar-refractivity contribution is 6.63. The fraction of sp³-hybridized carbons (Fsp3) is 0.500. The minimum absolute atomic E-state index is 0.00824. The Balaban J connectivity index is 0.000000256. The fourth-order valence-electron chi connectivity index (χ4n) is 9.35. The van der Waals surface area contributed by atoms with Gasteiger partial charge in [-0.2, -0.15) is 52.7 Å². The van der Waals surface area contributed by atoms with Crippen molar-refractivity contribution in [1.29, 1.82) is 0 Å². The molecule has 0 bridgehead atoms. The van der Waals surface area contributed by atoms with E-state index in [-0.39, 0.29) is 72.0 Å². The average Bonchev–Trinajstić information content (AvgIpc) is 4.15. The number of ether oxygens (including phenoxy) is 2. The van der Waals surface area contributed by atoms with Crippen LogP contribution < -0.4 is 16.0 Å². The van der Waals surface area contributed by atoms with E-state index in [1.807, 2.05) is 65.6 Å². The minimum Gasteiger partial charge on any atom is -0.372 e. The van der Waals surface area contributed by atoms with E-state index in [1.165, 1.54) is 13.8 Å². The SMILES string of the molecule is C[C@@H](OC[C@@]1(c2ccccc2)C[C@H](N2CCCC2=O)CN1)c1cc(C(F)(F)F)cc(C(F)(F)F)c1.C[C@@H](OC[C@@]1(c2ccccc2)C[C@H](NC(=O)CCCCl)CN1)c1cc(C(F)(F)F)cc(C(F)(F)F)c1.O=C(Cl)CCCCl. The highest BCUT2D eigenvalue weighted by atomic mass is 35.5. The van der Waals surface area contributed by atoms with Gasteiger partial charge in [0.05, 0.1) is 58.8 Å². The van der Waals surface area contributed by atoms with Crippen molar-refractivity contribution in [2.24, 2.45) is 0 Å². The summed E-state index contributed by atoms with van der Waals surface area (Å²) in [7, 11) is 0. The van der Waals surface area contributed by atoms with Crippen molar-refractivity contribution in [2.75, 3.05) is 44.6 Å². The maximum atomic E-state index is 13.3. The number of carbonyl (C=O) groups excluding carboxylic acids is 3. The van der Waals surface area contributed by atoms with Gasteiger partial charge in [-0.15, -0.1) is 23.2 Å². The zero-order valence-corrected chi connectivity index (χ0v) is 44.6. The summed E-state index contributed by atoms with van der Waals surface area (Å²) in [5.74, 6) is 0.808. The topological polar surface area (TPSA) is 109 Å². The molecular weight excluding hydrogens is 1120 g/mol. The number of benzene rings is 4. The maximum absolute atomic E-state index is 13.3. The molecule has 4 aromatic carbocycles. The van der Waals surface area contributed by atoms with Gasteiger partial charge < -0.3 is 30.3 Å². The number of alkyl halides is 14. The van der Waals surface area contributed by atoms with Crippen molar-refractivity contribution >= 4 is 51.9 Å². The highest BCUT2D eigenvalue weighted by Crippen LogP contribution is 2.42. The lowest BCUT2D eigenvalue weighted by molar-refractivity contribution is -0.144. The van der Waals surface area contributed by atoms with Crippen molar-refractivity contribution in [3.63, 3.8) is 0 Å². The molecule has 78 heavy (non-hydrogen) atoms. The second kappa shape index (κ2) is 27.7. The predicted molar refractivity (Wildman–Crippen MR) is 271 cm³/mol. The van der Waals surface area contributed by atoms with Crippen LogP contribution in [0, 0.1) is 0 Å². The molecule has 4 aromatic rings. The molecule has 0 unspecified atom stereocenters. The molecule has 0 spiro atoms. The Hall–Kier alpha value is -4.64. The van der Waals surface area contributed by atoms with Crippen LogP contribution in [0.2, 0.25) is 0 Å². The number of rotatable bonds is 18. The lowest BCUT2D eigenvalue weighted by Gasteiger charge is -2.33. The van der Waals surface area contributed by atoms with Gasteiger partial charge in [0.25, 0.3) is 0 Å². The number of likely N-dealkylation sites (tertiary alicyclic amines) is 1. The third-order valence-electron chi connectivity index (χ3n) is 13.5. The summed E-state index contributed by atoms with van der Waals surface area (Å²) in [6, 6.07) is 21.1. The largest absolute Gasteiger partial charge is 0.416 e. The zero-order valence-electron chi connectivity index (χ0n) is 42.3. The van der Waals surface area contributed by atoms with Crippen molar-refractivity contribution in [3.05, 3.63) is 142 Å². The average molecular weight is 1180 g/mol. The van der Waals surface area contributed by atoms with E-state index in [2.05, 4.69) is 16.0 Å². The molecule has 7 rings (SSSR count). The molecule has 0 saturated carbocycles. The molecule has 3 saturated heterocycles. The number of hydrogen-bond acceptors (Lipinski definition) is 7. The molecule has 430 valence electrons. The van der Waals surface area contributed by atoms with Gasteiger partial charge in [0.15, 0.2) is 0 Å². The Kier molecular flexibility index (Phi) is 22.8. The first-order chi connectivity index (χ1) is 36.5. The van der Waals surface area contributed by atoms with E-state index in [0.717, 1.165) is 17.5 Å². The summed E-state index contributed by atoms with van der Waals surface area (Å²) in [6.07, 6.45) is -17.7. The third kappa shape index (κ3) is 18.2. The molecule has 0 aliphatic carbocycles. The van der Waals surface area contributed by atoms with Gasteiger partial charge in [0.2, 0.25) is 17.1 Å². The molecule has 24 heteroatoms. The van der Waals surface area contributed by atoms with Gasteiger partial charge in [-0.25, -0.2) is 0 Å². The summed E-state index contributed by atoms with van der Waals surface area (Å²) >= 11 is 15.8. The van der Waals surface area contributed by atoms with Gasteiger partial charge in [-0.1, -0.05) is 60.7 Å². The van der Waals surface area contributed by atoms with Crippen LogP contribution >= 0.6 is 34.8 Å². The van der Waals surface area contributed by atoms with Crippen molar-refractivity contribution in [1.82, 2.24) is 20.9 Å². The second-order valence-corrected chi connectivity index (χ2v) is 20.4. The van der Waals surface area contributed by atoms with Crippen LogP contribution in [0.1, 0.15) is 122 Å². The van der Waals surface area contributed by atoms with Gasteiger partial charge in [-0.3, -0.25) is 14.4 Å². The summed E-state index contributed by atoms with van der Waals surface area (Å²) in [5, 5.41) is 9.42. The molecule has 3 heterocycles. The number of nitrogens with one attached hydrogen (secondary N) is 3. The van der Waals surface area contributed by atoms with E-state index in [0.29, 0.717) is 94.2 Å². The molecule has 3 aliphatic rings. The number of carbonyl (C=O) groups is 3. The van der Waals surface area contributed by atoms with Crippen LogP contribution in [0.25, 0.3) is 0 Å². The quantitative estimate of drug-likeness (QED) is 0.0517. The minimum atomic E-state index is -4.94. The van der Waals surface area contributed by atoms with Crippen LogP contribution in [0.15, 0.2) is 97.1 Å². The number of nitrogens with zero attached hydrogens (tertiary/aromatic N) is 1. The first kappa shape index (κ1) is 64.2. The van der Waals surface area contributed by atoms with E-state index in [9.17, 15) is 67.1 Å². The number of halogens is 15. The predicted octanol–water partition coefficient (Wildman–Crippen LogP) is 13.6. The van der Waals surface area contributed by atoms with E-state index < -0.39 is 70.2 Å². The lowest BCUT2D eigenvalue weighted by atomic mass is 9.87. The third-order valence-corrected chi connectivity index (χ3v) is 14.2. The zero-order chi connectivity index (χ0) is 57.7. The Labute approximate surface area is 459 Å². The summed E-state index contributed by atoms with van der Waals surface area (Å²) in [5.41, 5.74) is -5.80.